The van der Waals surface area contributed by atoms with Crippen molar-refractivity contribution in [2.24, 2.45) is 0 Å². The lowest BCUT2D eigenvalue weighted by atomic mass is 10.2. The molecule has 0 aliphatic carbocycles. The standard InChI is InChI=1S/C21H23FN2O2/c22-19-8-10-20(11-9-19)26-17-21(25)24-15-13-23(14-16-24)12-4-7-18-5-2-1-3-6-18/h1-11H,12-17H2. The first-order chi connectivity index (χ1) is 12.7. The van der Waals surface area contributed by atoms with Gasteiger partial charge in [0.15, 0.2) is 6.61 Å². The lowest BCUT2D eigenvalue weighted by molar-refractivity contribution is -0.135. The van der Waals surface area contributed by atoms with Crippen molar-refractivity contribution in [2.75, 3.05) is 39.3 Å². The van der Waals surface area contributed by atoms with Crippen LogP contribution in [0, 0.1) is 5.82 Å². The van der Waals surface area contributed by atoms with Crippen molar-refractivity contribution in [2.45, 2.75) is 0 Å². The number of rotatable bonds is 6. The van der Waals surface area contributed by atoms with Crippen molar-refractivity contribution in [1.29, 1.82) is 0 Å². The molecule has 1 heterocycles. The molecule has 0 saturated carbocycles. The van der Waals surface area contributed by atoms with Crippen LogP contribution in [0.5, 0.6) is 5.75 Å². The van der Waals surface area contributed by atoms with Crippen LogP contribution in [-0.2, 0) is 4.79 Å². The Morgan fingerprint density at radius 3 is 2.38 bits per heavy atom. The number of hydrogen-bond acceptors (Lipinski definition) is 3. The predicted molar refractivity (Wildman–Crippen MR) is 100 cm³/mol. The van der Waals surface area contributed by atoms with Gasteiger partial charge in [-0.15, -0.1) is 0 Å². The van der Waals surface area contributed by atoms with Crippen molar-refractivity contribution >= 4 is 12.0 Å². The van der Waals surface area contributed by atoms with Gasteiger partial charge in [0.25, 0.3) is 5.91 Å². The van der Waals surface area contributed by atoms with Crippen LogP contribution in [0.1, 0.15) is 5.56 Å². The first-order valence-corrected chi connectivity index (χ1v) is 8.81. The maximum atomic E-state index is 12.9. The van der Waals surface area contributed by atoms with E-state index in [-0.39, 0.29) is 18.3 Å². The van der Waals surface area contributed by atoms with Crippen LogP contribution < -0.4 is 4.74 Å². The monoisotopic (exact) mass is 354 g/mol. The van der Waals surface area contributed by atoms with E-state index in [0.717, 1.165) is 19.6 Å². The molecule has 5 heteroatoms. The summed E-state index contributed by atoms with van der Waals surface area (Å²) in [5.41, 5.74) is 1.19. The van der Waals surface area contributed by atoms with E-state index in [4.69, 9.17) is 4.74 Å². The number of benzene rings is 2. The normalized spacial score (nSPS) is 15.3. The van der Waals surface area contributed by atoms with Crippen LogP contribution in [0.4, 0.5) is 4.39 Å². The Kier molecular flexibility index (Phi) is 6.39. The molecule has 0 atom stereocenters. The Morgan fingerprint density at radius 1 is 1.00 bits per heavy atom. The highest BCUT2D eigenvalue weighted by molar-refractivity contribution is 5.77. The van der Waals surface area contributed by atoms with Gasteiger partial charge >= 0.3 is 0 Å². The van der Waals surface area contributed by atoms with E-state index >= 15 is 0 Å². The highest BCUT2D eigenvalue weighted by Crippen LogP contribution is 2.11. The van der Waals surface area contributed by atoms with Gasteiger partial charge in [-0.3, -0.25) is 9.69 Å². The van der Waals surface area contributed by atoms with Gasteiger partial charge in [-0.25, -0.2) is 4.39 Å². The van der Waals surface area contributed by atoms with E-state index in [2.05, 4.69) is 29.2 Å². The third-order valence-corrected chi connectivity index (χ3v) is 4.37. The minimum absolute atomic E-state index is 0.0143. The largest absolute Gasteiger partial charge is 0.484 e. The Hall–Kier alpha value is -2.66. The minimum atomic E-state index is -0.318. The van der Waals surface area contributed by atoms with Crippen molar-refractivity contribution in [3.8, 4) is 5.75 Å². The van der Waals surface area contributed by atoms with Crippen molar-refractivity contribution < 1.29 is 13.9 Å². The second-order valence-electron chi connectivity index (χ2n) is 6.24. The molecule has 4 nitrogen and oxygen atoms in total. The number of amides is 1. The summed E-state index contributed by atoms with van der Waals surface area (Å²) in [4.78, 5) is 16.4. The number of carbonyl (C=O) groups excluding carboxylic acids is 1. The average Bonchev–Trinajstić information content (AvgIpc) is 2.69. The Bertz CT molecular complexity index is 723. The molecular formula is C21H23FN2O2. The second kappa shape index (κ2) is 9.15. The Balaban J connectivity index is 1.38. The van der Waals surface area contributed by atoms with Crippen LogP contribution in [-0.4, -0.2) is 55.0 Å². The molecule has 1 amide bonds. The fraction of sp³-hybridized carbons (Fsp3) is 0.286. The molecule has 1 aliphatic rings. The molecule has 26 heavy (non-hydrogen) atoms. The third-order valence-electron chi connectivity index (χ3n) is 4.37. The summed E-state index contributed by atoms with van der Waals surface area (Å²) in [6.45, 7) is 3.96. The fourth-order valence-electron chi connectivity index (χ4n) is 2.85. The van der Waals surface area contributed by atoms with E-state index in [1.54, 1.807) is 0 Å². The quantitative estimate of drug-likeness (QED) is 0.799. The zero-order valence-corrected chi connectivity index (χ0v) is 14.7. The number of ether oxygens (including phenoxy) is 1. The maximum Gasteiger partial charge on any atom is 0.260 e. The van der Waals surface area contributed by atoms with Gasteiger partial charge in [0.05, 0.1) is 0 Å². The van der Waals surface area contributed by atoms with E-state index in [0.29, 0.717) is 18.8 Å². The molecule has 0 spiro atoms. The van der Waals surface area contributed by atoms with Gasteiger partial charge in [-0.05, 0) is 29.8 Å². The molecule has 1 aliphatic heterocycles. The van der Waals surface area contributed by atoms with E-state index in [1.165, 1.54) is 29.8 Å². The van der Waals surface area contributed by atoms with Gasteiger partial charge in [0, 0.05) is 32.7 Å². The molecular weight excluding hydrogens is 331 g/mol. The van der Waals surface area contributed by atoms with Crippen molar-refractivity contribution in [3.05, 3.63) is 72.1 Å². The summed E-state index contributed by atoms with van der Waals surface area (Å²) in [7, 11) is 0. The highest BCUT2D eigenvalue weighted by atomic mass is 19.1. The molecule has 0 radical (unpaired) electrons. The summed E-state index contributed by atoms with van der Waals surface area (Å²) in [5.74, 6) is 0.152. The number of carbonyl (C=O) groups is 1. The molecule has 1 fully saturated rings. The molecule has 0 aromatic heterocycles. The zero-order valence-electron chi connectivity index (χ0n) is 14.7. The predicted octanol–water partition coefficient (Wildman–Crippen LogP) is 3.06. The van der Waals surface area contributed by atoms with Gasteiger partial charge in [-0.2, -0.15) is 0 Å². The number of hydrogen-bond donors (Lipinski definition) is 0. The van der Waals surface area contributed by atoms with Gasteiger partial charge in [0.2, 0.25) is 0 Å². The third kappa shape index (κ3) is 5.43. The summed E-state index contributed by atoms with van der Waals surface area (Å²) < 4.78 is 18.3. The van der Waals surface area contributed by atoms with Gasteiger partial charge in [-0.1, -0.05) is 42.5 Å². The van der Waals surface area contributed by atoms with Gasteiger partial charge < -0.3 is 9.64 Å². The maximum absolute atomic E-state index is 12.9. The Labute approximate surface area is 153 Å². The molecule has 136 valence electrons. The Morgan fingerprint density at radius 2 is 1.69 bits per heavy atom. The summed E-state index contributed by atoms with van der Waals surface area (Å²) >= 11 is 0. The number of halogens is 1. The van der Waals surface area contributed by atoms with Crippen molar-refractivity contribution in [1.82, 2.24) is 9.80 Å². The average molecular weight is 354 g/mol. The smallest absolute Gasteiger partial charge is 0.260 e. The number of nitrogens with zero attached hydrogens (tertiary/aromatic N) is 2. The SMILES string of the molecule is O=C(COc1ccc(F)cc1)N1CCN(CC=Cc2ccccc2)CC1. The molecule has 2 aromatic rings. The summed E-state index contributed by atoms with van der Waals surface area (Å²) in [6, 6.07) is 15.9. The van der Waals surface area contributed by atoms with Crippen LogP contribution in [0.25, 0.3) is 6.08 Å². The van der Waals surface area contributed by atoms with Gasteiger partial charge in [0.1, 0.15) is 11.6 Å². The highest BCUT2D eigenvalue weighted by Gasteiger charge is 2.20. The molecule has 0 unspecified atom stereocenters. The van der Waals surface area contributed by atoms with Crippen LogP contribution >= 0.6 is 0 Å². The second-order valence-corrected chi connectivity index (χ2v) is 6.24. The molecule has 2 aromatic carbocycles. The van der Waals surface area contributed by atoms with Crippen LogP contribution in [0.15, 0.2) is 60.7 Å². The van der Waals surface area contributed by atoms with Crippen LogP contribution in [0.2, 0.25) is 0 Å². The summed E-state index contributed by atoms with van der Waals surface area (Å²) in [6.07, 6.45) is 4.28. The van der Waals surface area contributed by atoms with Crippen LogP contribution in [0.3, 0.4) is 0 Å². The number of piperazine rings is 1. The molecule has 0 bridgehead atoms. The zero-order chi connectivity index (χ0) is 18.2. The topological polar surface area (TPSA) is 32.8 Å². The lowest BCUT2D eigenvalue weighted by Crippen LogP contribution is -2.49. The fourth-order valence-corrected chi connectivity index (χ4v) is 2.85. The van der Waals surface area contributed by atoms with E-state index in [1.807, 2.05) is 23.1 Å². The minimum Gasteiger partial charge on any atom is -0.484 e. The van der Waals surface area contributed by atoms with Crippen molar-refractivity contribution in [3.63, 3.8) is 0 Å². The first-order valence-electron chi connectivity index (χ1n) is 8.81. The molecule has 1 saturated heterocycles. The summed E-state index contributed by atoms with van der Waals surface area (Å²) in [5, 5.41) is 0. The molecule has 3 rings (SSSR count). The lowest BCUT2D eigenvalue weighted by Gasteiger charge is -2.34. The van der Waals surface area contributed by atoms with E-state index < -0.39 is 0 Å². The van der Waals surface area contributed by atoms with E-state index in [9.17, 15) is 9.18 Å². The molecule has 0 N–H and O–H groups in total. The first kappa shape index (κ1) is 18.1.